The molecule has 3 aromatic rings. The van der Waals surface area contributed by atoms with Crippen LogP contribution in [0.15, 0.2) is 58.5 Å². The van der Waals surface area contributed by atoms with E-state index in [9.17, 15) is 12.8 Å². The smallest absolute Gasteiger partial charge is 0.224 e. The second-order valence-electron chi connectivity index (χ2n) is 5.83. The van der Waals surface area contributed by atoms with E-state index in [0.29, 0.717) is 5.52 Å². The summed E-state index contributed by atoms with van der Waals surface area (Å²) >= 11 is 0. The average molecular weight is 361 g/mol. The lowest BCUT2D eigenvalue weighted by atomic mass is 10.2. The minimum Gasteiger partial charge on any atom is -0.373 e. The van der Waals surface area contributed by atoms with Crippen LogP contribution in [0.5, 0.6) is 0 Å². The van der Waals surface area contributed by atoms with Crippen LogP contribution >= 0.6 is 0 Å². The number of nitrogens with one attached hydrogen (secondary N) is 2. The molecule has 0 amide bonds. The Balaban J connectivity index is 2.09. The van der Waals surface area contributed by atoms with Crippen LogP contribution in [0.4, 0.5) is 10.1 Å². The Morgan fingerprint density at radius 1 is 1.16 bits per heavy atom. The molecule has 5 nitrogen and oxygen atoms in total. The molecular weight excluding hydrogens is 341 g/mol. The Bertz CT molecular complexity index is 998. The third-order valence-corrected chi connectivity index (χ3v) is 5.85. The first kappa shape index (κ1) is 17.4. The van der Waals surface area contributed by atoms with Gasteiger partial charge in [-0.05, 0) is 37.4 Å². The molecule has 0 atom stereocenters. The zero-order valence-corrected chi connectivity index (χ0v) is 14.9. The third kappa shape index (κ3) is 3.25. The number of fused-ring (bicyclic) bond motifs is 1. The van der Waals surface area contributed by atoms with Crippen molar-refractivity contribution >= 4 is 26.4 Å². The fraction of sp³-hybridized carbons (Fsp3) is 0.222. The van der Waals surface area contributed by atoms with Gasteiger partial charge in [-0.3, -0.25) is 0 Å². The predicted molar refractivity (Wildman–Crippen MR) is 97.3 cm³/mol. The van der Waals surface area contributed by atoms with E-state index in [4.69, 9.17) is 0 Å². The Kier molecular flexibility index (Phi) is 4.78. The van der Waals surface area contributed by atoms with E-state index < -0.39 is 15.7 Å². The van der Waals surface area contributed by atoms with Crippen molar-refractivity contribution in [3.8, 4) is 0 Å². The zero-order valence-electron chi connectivity index (χ0n) is 14.1. The lowest BCUT2D eigenvalue weighted by molar-refractivity contribution is 0.565. The van der Waals surface area contributed by atoms with Crippen LogP contribution < -0.4 is 10.2 Å². The van der Waals surface area contributed by atoms with Crippen molar-refractivity contribution in [2.24, 2.45) is 0 Å². The Labute approximate surface area is 146 Å². The standard InChI is InChI=1S/C18H20FN3O2S/c1-20-10-11-22(2)16-8-5-7-15-13(16)12-18(21-15)25(23,24)17-9-4-3-6-14(17)19/h3-9,12,20-21H,10-11H2,1-2H3. The number of hydrogen-bond donors (Lipinski definition) is 2. The molecule has 0 spiro atoms. The highest BCUT2D eigenvalue weighted by atomic mass is 32.2. The summed E-state index contributed by atoms with van der Waals surface area (Å²) in [7, 11) is -0.125. The number of nitrogens with zero attached hydrogens (tertiary/aromatic N) is 1. The first-order chi connectivity index (χ1) is 11.9. The van der Waals surface area contributed by atoms with Gasteiger partial charge in [0.05, 0.1) is 0 Å². The number of rotatable bonds is 6. The SMILES string of the molecule is CNCCN(C)c1cccc2[nH]c(S(=O)(=O)c3ccccc3F)cc12. The van der Waals surface area contributed by atoms with Crippen LogP contribution in [-0.4, -0.2) is 40.6 Å². The number of anilines is 1. The monoisotopic (exact) mass is 361 g/mol. The topological polar surface area (TPSA) is 65.2 Å². The lowest BCUT2D eigenvalue weighted by Crippen LogP contribution is -2.27. The predicted octanol–water partition coefficient (Wildman–Crippen LogP) is 2.80. The molecule has 132 valence electrons. The number of aromatic amines is 1. The molecule has 0 saturated heterocycles. The van der Waals surface area contributed by atoms with Gasteiger partial charge in [-0.15, -0.1) is 0 Å². The molecular formula is C18H20FN3O2S. The van der Waals surface area contributed by atoms with Gasteiger partial charge < -0.3 is 15.2 Å². The highest BCUT2D eigenvalue weighted by Crippen LogP contribution is 2.31. The van der Waals surface area contributed by atoms with E-state index in [2.05, 4.69) is 10.3 Å². The number of halogens is 1. The van der Waals surface area contributed by atoms with E-state index in [-0.39, 0.29) is 9.92 Å². The molecule has 0 fully saturated rings. The summed E-state index contributed by atoms with van der Waals surface area (Å²) in [5, 5.41) is 3.86. The van der Waals surface area contributed by atoms with Gasteiger partial charge >= 0.3 is 0 Å². The minimum atomic E-state index is -3.95. The molecule has 0 aliphatic carbocycles. The number of H-pyrrole nitrogens is 1. The van der Waals surface area contributed by atoms with Crippen LogP contribution in [0.2, 0.25) is 0 Å². The van der Waals surface area contributed by atoms with Gasteiger partial charge in [-0.2, -0.15) is 0 Å². The summed E-state index contributed by atoms with van der Waals surface area (Å²) in [5.41, 5.74) is 1.61. The van der Waals surface area contributed by atoms with E-state index in [1.54, 1.807) is 6.07 Å². The molecule has 2 aromatic carbocycles. The van der Waals surface area contributed by atoms with Crippen LogP contribution in [0.25, 0.3) is 10.9 Å². The van der Waals surface area contributed by atoms with E-state index in [1.807, 2.05) is 37.2 Å². The number of sulfone groups is 1. The van der Waals surface area contributed by atoms with Crippen LogP contribution in [-0.2, 0) is 9.84 Å². The normalized spacial score (nSPS) is 11.8. The molecule has 0 unspecified atom stereocenters. The highest BCUT2D eigenvalue weighted by molar-refractivity contribution is 7.91. The summed E-state index contributed by atoms with van der Waals surface area (Å²) < 4.78 is 39.5. The van der Waals surface area contributed by atoms with Gasteiger partial charge in [0.1, 0.15) is 15.7 Å². The van der Waals surface area contributed by atoms with Crippen molar-refractivity contribution in [1.29, 1.82) is 0 Å². The maximum atomic E-state index is 14.0. The maximum Gasteiger partial charge on any atom is 0.224 e. The quantitative estimate of drug-likeness (QED) is 0.709. The molecule has 0 aliphatic rings. The van der Waals surface area contributed by atoms with Crippen molar-refractivity contribution in [3.63, 3.8) is 0 Å². The van der Waals surface area contributed by atoms with Gasteiger partial charge in [-0.25, -0.2) is 12.8 Å². The lowest BCUT2D eigenvalue weighted by Gasteiger charge is -2.19. The molecule has 1 aromatic heterocycles. The average Bonchev–Trinajstić information content (AvgIpc) is 3.05. The summed E-state index contributed by atoms with van der Waals surface area (Å²) in [6.45, 7) is 1.58. The summed E-state index contributed by atoms with van der Waals surface area (Å²) in [6, 6.07) is 12.6. The van der Waals surface area contributed by atoms with E-state index >= 15 is 0 Å². The van der Waals surface area contributed by atoms with Gasteiger partial charge in [-0.1, -0.05) is 18.2 Å². The molecule has 2 N–H and O–H groups in total. The fourth-order valence-corrected chi connectivity index (χ4v) is 4.11. The number of hydrogen-bond acceptors (Lipinski definition) is 4. The van der Waals surface area contributed by atoms with Crippen LogP contribution in [0.3, 0.4) is 0 Å². The van der Waals surface area contributed by atoms with Crippen molar-refractivity contribution in [2.75, 3.05) is 32.1 Å². The van der Waals surface area contributed by atoms with Crippen molar-refractivity contribution in [2.45, 2.75) is 9.92 Å². The zero-order chi connectivity index (χ0) is 18.0. The number of benzene rings is 2. The van der Waals surface area contributed by atoms with Crippen molar-refractivity contribution in [3.05, 3.63) is 54.3 Å². The van der Waals surface area contributed by atoms with Crippen LogP contribution in [0, 0.1) is 5.82 Å². The van der Waals surface area contributed by atoms with Crippen molar-refractivity contribution in [1.82, 2.24) is 10.3 Å². The summed E-state index contributed by atoms with van der Waals surface area (Å²) in [5.74, 6) is -0.757. The van der Waals surface area contributed by atoms with Crippen LogP contribution in [0.1, 0.15) is 0 Å². The molecule has 1 heterocycles. The first-order valence-corrected chi connectivity index (χ1v) is 9.40. The molecule has 0 saturated carbocycles. The Morgan fingerprint density at radius 2 is 1.92 bits per heavy atom. The van der Waals surface area contributed by atoms with E-state index in [1.165, 1.54) is 18.2 Å². The molecule has 7 heteroatoms. The third-order valence-electron chi connectivity index (χ3n) is 4.14. The summed E-state index contributed by atoms with van der Waals surface area (Å²) in [6.07, 6.45) is 0. The van der Waals surface area contributed by atoms with Gasteiger partial charge in [0.15, 0.2) is 0 Å². The maximum absolute atomic E-state index is 14.0. The minimum absolute atomic E-state index is 0.0120. The molecule has 25 heavy (non-hydrogen) atoms. The molecule has 0 bridgehead atoms. The molecule has 0 radical (unpaired) electrons. The van der Waals surface area contributed by atoms with Gasteiger partial charge in [0.25, 0.3) is 0 Å². The Hall–Kier alpha value is -2.38. The first-order valence-electron chi connectivity index (χ1n) is 7.92. The number of likely N-dealkylation sites (N-methyl/N-ethyl adjacent to an activating group) is 2. The second-order valence-corrected chi connectivity index (χ2v) is 7.72. The largest absolute Gasteiger partial charge is 0.373 e. The van der Waals surface area contributed by atoms with Crippen molar-refractivity contribution < 1.29 is 12.8 Å². The highest BCUT2D eigenvalue weighted by Gasteiger charge is 2.24. The molecule has 3 rings (SSSR count). The fourth-order valence-electron chi connectivity index (χ4n) is 2.77. The summed E-state index contributed by atoms with van der Waals surface area (Å²) in [4.78, 5) is 4.64. The van der Waals surface area contributed by atoms with Gasteiger partial charge in [0, 0.05) is 36.7 Å². The van der Waals surface area contributed by atoms with E-state index in [0.717, 1.165) is 30.2 Å². The number of aromatic nitrogens is 1. The van der Waals surface area contributed by atoms with Gasteiger partial charge in [0.2, 0.25) is 9.84 Å². The Morgan fingerprint density at radius 3 is 2.64 bits per heavy atom. The molecule has 0 aliphatic heterocycles. The second kappa shape index (κ2) is 6.85.